The summed E-state index contributed by atoms with van der Waals surface area (Å²) in [6.07, 6.45) is 10.9. The summed E-state index contributed by atoms with van der Waals surface area (Å²) >= 11 is 0. The van der Waals surface area contributed by atoms with Crippen LogP contribution in [0.1, 0.15) is 113 Å². The Morgan fingerprint density at radius 2 is 1.80 bits per heavy atom. The number of ether oxygens (including phenoxy) is 2. The minimum Gasteiger partial charge on any atom is -0.461 e. The largest absolute Gasteiger partial charge is 0.461 e. The molecule has 6 heteroatoms. The lowest BCUT2D eigenvalue weighted by atomic mass is 9.35. The molecule has 3 fully saturated rings. The van der Waals surface area contributed by atoms with Gasteiger partial charge in [-0.2, -0.15) is 0 Å². The van der Waals surface area contributed by atoms with E-state index in [9.17, 15) is 19.8 Å². The molecule has 1 heterocycles. The van der Waals surface area contributed by atoms with Crippen molar-refractivity contribution in [1.82, 2.24) is 0 Å². The van der Waals surface area contributed by atoms with Crippen molar-refractivity contribution in [1.29, 1.82) is 0 Å². The minimum atomic E-state index is -1.70. The van der Waals surface area contributed by atoms with Crippen LogP contribution in [0.15, 0.2) is 23.3 Å². The number of aliphatic hydroxyl groups is 2. The molecule has 0 spiro atoms. The van der Waals surface area contributed by atoms with Gasteiger partial charge in [0, 0.05) is 17.9 Å². The van der Waals surface area contributed by atoms with Gasteiger partial charge in [-0.25, -0.2) is 4.79 Å². The molecule has 1 aliphatic heterocycles. The SMILES string of the molecule is CC[C@@]1(C)CCC[C@@]2(C)C1CC[C@]1(C)C2C[C@@H](OC(=O)CC(O)CC(C)C)[C@]2(C)C3=C(C=CC12)[C@](C)(O)OC3=O. The van der Waals surface area contributed by atoms with Crippen LogP contribution in [0.25, 0.3) is 0 Å². The summed E-state index contributed by atoms with van der Waals surface area (Å²) in [6.45, 7) is 17.3. The maximum Gasteiger partial charge on any atom is 0.338 e. The highest BCUT2D eigenvalue weighted by Crippen LogP contribution is 2.73. The molecular formula is C34H52O6. The first-order chi connectivity index (χ1) is 18.5. The summed E-state index contributed by atoms with van der Waals surface area (Å²) in [5.41, 5.74) is 0.403. The summed E-state index contributed by atoms with van der Waals surface area (Å²) in [4.78, 5) is 26.8. The van der Waals surface area contributed by atoms with Crippen LogP contribution < -0.4 is 0 Å². The van der Waals surface area contributed by atoms with E-state index in [-0.39, 0.29) is 29.1 Å². The van der Waals surface area contributed by atoms with E-state index in [0.717, 1.165) is 12.8 Å². The molecule has 0 bridgehead atoms. The fraction of sp³-hybridized carbons (Fsp3) is 0.824. The Kier molecular flexibility index (Phi) is 7.22. The Hall–Kier alpha value is -1.66. The van der Waals surface area contributed by atoms with E-state index in [4.69, 9.17) is 9.47 Å². The smallest absolute Gasteiger partial charge is 0.338 e. The van der Waals surface area contributed by atoms with Crippen LogP contribution in [0, 0.1) is 45.3 Å². The van der Waals surface area contributed by atoms with Crippen molar-refractivity contribution in [2.75, 3.05) is 0 Å². The fourth-order valence-corrected chi connectivity index (χ4v) is 10.7. The Morgan fingerprint density at radius 1 is 1.10 bits per heavy atom. The minimum absolute atomic E-state index is 0.0510. The lowest BCUT2D eigenvalue weighted by molar-refractivity contribution is -0.218. The van der Waals surface area contributed by atoms with Gasteiger partial charge in [0.1, 0.15) is 6.10 Å². The lowest BCUT2D eigenvalue weighted by Crippen LogP contribution is -2.65. The summed E-state index contributed by atoms with van der Waals surface area (Å²) in [5.74, 6) is -1.51. The second-order valence-electron chi connectivity index (χ2n) is 15.5. The number of carbonyl (C=O) groups is 2. The summed E-state index contributed by atoms with van der Waals surface area (Å²) in [7, 11) is 0. The van der Waals surface area contributed by atoms with Crippen molar-refractivity contribution in [3.63, 3.8) is 0 Å². The zero-order chi connectivity index (χ0) is 29.5. The van der Waals surface area contributed by atoms with Crippen LogP contribution in [-0.2, 0) is 19.1 Å². The van der Waals surface area contributed by atoms with E-state index in [2.05, 4.69) is 40.7 Å². The average molecular weight is 557 g/mol. The number of carbonyl (C=O) groups excluding carboxylic acids is 2. The van der Waals surface area contributed by atoms with E-state index in [1.54, 1.807) is 0 Å². The predicted molar refractivity (Wildman–Crippen MR) is 154 cm³/mol. The quantitative estimate of drug-likeness (QED) is 0.363. The van der Waals surface area contributed by atoms with Gasteiger partial charge in [-0.15, -0.1) is 0 Å². The van der Waals surface area contributed by atoms with E-state index in [0.29, 0.717) is 41.2 Å². The molecule has 3 saturated carbocycles. The van der Waals surface area contributed by atoms with E-state index in [1.165, 1.54) is 32.6 Å². The molecule has 5 rings (SSSR count). The molecule has 0 radical (unpaired) electrons. The third-order valence-corrected chi connectivity index (χ3v) is 12.6. The maximum absolute atomic E-state index is 13.4. The van der Waals surface area contributed by atoms with Gasteiger partial charge >= 0.3 is 11.9 Å². The van der Waals surface area contributed by atoms with Gasteiger partial charge in [0.25, 0.3) is 0 Å². The van der Waals surface area contributed by atoms with Crippen LogP contribution in [0.5, 0.6) is 0 Å². The van der Waals surface area contributed by atoms with Gasteiger partial charge < -0.3 is 19.7 Å². The van der Waals surface area contributed by atoms with Gasteiger partial charge in [-0.1, -0.05) is 73.5 Å². The molecule has 40 heavy (non-hydrogen) atoms. The van der Waals surface area contributed by atoms with Crippen LogP contribution in [-0.4, -0.2) is 40.1 Å². The first-order valence-corrected chi connectivity index (χ1v) is 15.8. The van der Waals surface area contributed by atoms with Crippen molar-refractivity contribution in [2.45, 2.75) is 131 Å². The zero-order valence-electron chi connectivity index (χ0n) is 26.0. The highest BCUT2D eigenvalue weighted by atomic mass is 16.7. The van der Waals surface area contributed by atoms with Crippen LogP contribution in [0.3, 0.4) is 0 Å². The van der Waals surface area contributed by atoms with Crippen molar-refractivity contribution in [3.05, 3.63) is 23.3 Å². The van der Waals surface area contributed by atoms with E-state index in [1.807, 2.05) is 19.9 Å². The molecule has 2 N–H and O–H groups in total. The van der Waals surface area contributed by atoms with Crippen LogP contribution in [0.2, 0.25) is 0 Å². The summed E-state index contributed by atoms with van der Waals surface area (Å²) < 4.78 is 11.9. The first-order valence-electron chi connectivity index (χ1n) is 15.8. The number of rotatable bonds is 6. The highest BCUT2D eigenvalue weighted by molar-refractivity contribution is 5.96. The van der Waals surface area contributed by atoms with Crippen molar-refractivity contribution in [3.8, 4) is 0 Å². The molecule has 0 amide bonds. The standard InChI is InChI=1S/C34H52O6/c1-9-30(4)14-10-15-31(5)23(30)13-16-32(6)24-12-11-22-28(29(37)40-34(22,8)38)33(24,7)26(19-25(31)32)39-27(36)18-21(35)17-20(2)3/h11-12,20-21,23-26,35,38H,9-10,13-19H2,1-8H3/t21?,23?,24?,25?,26-,30+,31+,32+,33-,34-/m1/s1. The number of cyclic esters (lactones) is 1. The summed E-state index contributed by atoms with van der Waals surface area (Å²) in [5, 5.41) is 21.6. The number of allylic oxidation sites excluding steroid dienone is 1. The van der Waals surface area contributed by atoms with Gasteiger partial charge in [-0.05, 0) is 78.4 Å². The molecule has 4 aliphatic carbocycles. The zero-order valence-corrected chi connectivity index (χ0v) is 26.0. The Labute approximate surface area is 241 Å². The molecular weight excluding hydrogens is 504 g/mol. The molecule has 0 aromatic heterocycles. The third-order valence-electron chi connectivity index (χ3n) is 12.6. The van der Waals surface area contributed by atoms with Gasteiger partial charge in [-0.3, -0.25) is 4.79 Å². The topological polar surface area (TPSA) is 93.1 Å². The van der Waals surface area contributed by atoms with Gasteiger partial charge in [0.05, 0.1) is 18.1 Å². The van der Waals surface area contributed by atoms with Crippen molar-refractivity contribution >= 4 is 11.9 Å². The molecule has 5 aliphatic rings. The average Bonchev–Trinajstić information content (AvgIpc) is 3.08. The summed E-state index contributed by atoms with van der Waals surface area (Å²) in [6, 6.07) is 0. The lowest BCUT2D eigenvalue weighted by Gasteiger charge is -2.69. The number of fused-ring (bicyclic) bond motifs is 6. The number of hydrogen-bond donors (Lipinski definition) is 2. The van der Waals surface area contributed by atoms with Gasteiger partial charge in [0.2, 0.25) is 5.79 Å². The molecule has 0 saturated heterocycles. The molecule has 0 aromatic rings. The first kappa shape index (κ1) is 29.8. The maximum atomic E-state index is 13.4. The number of hydrogen-bond acceptors (Lipinski definition) is 6. The Morgan fingerprint density at radius 3 is 2.45 bits per heavy atom. The van der Waals surface area contributed by atoms with E-state index < -0.39 is 35.3 Å². The highest BCUT2D eigenvalue weighted by Gasteiger charge is 2.70. The number of aliphatic hydroxyl groups excluding tert-OH is 1. The number of esters is 2. The van der Waals surface area contributed by atoms with Crippen LogP contribution in [0.4, 0.5) is 0 Å². The van der Waals surface area contributed by atoms with Crippen molar-refractivity contribution in [2.24, 2.45) is 45.3 Å². The Bertz CT molecular complexity index is 1120. The predicted octanol–water partition coefficient (Wildman–Crippen LogP) is 6.49. The van der Waals surface area contributed by atoms with Crippen molar-refractivity contribution < 1.29 is 29.3 Å². The fourth-order valence-electron chi connectivity index (χ4n) is 10.7. The van der Waals surface area contributed by atoms with Crippen LogP contribution >= 0.6 is 0 Å². The van der Waals surface area contributed by atoms with E-state index >= 15 is 0 Å². The van der Waals surface area contributed by atoms with Gasteiger partial charge in [0.15, 0.2) is 0 Å². The monoisotopic (exact) mass is 556 g/mol. The molecule has 0 aromatic carbocycles. The normalized spacial score (nSPS) is 46.7. The second kappa shape index (κ2) is 9.69. The molecule has 6 nitrogen and oxygen atoms in total. The Balaban J connectivity index is 1.58. The molecule has 224 valence electrons. The molecule has 10 atom stereocenters. The molecule has 4 unspecified atom stereocenters. The second-order valence-corrected chi connectivity index (χ2v) is 15.5. The third kappa shape index (κ3) is 4.25.